The smallest absolute Gasteiger partial charge is 0.268 e. The molecule has 0 aliphatic heterocycles. The van der Waals surface area contributed by atoms with E-state index in [1.807, 2.05) is 29.5 Å². The number of carbonyl (C=O) groups is 1. The lowest BCUT2D eigenvalue weighted by Gasteiger charge is -2.13. The maximum Gasteiger partial charge on any atom is 0.268 e. The van der Waals surface area contributed by atoms with Crippen molar-refractivity contribution in [1.82, 2.24) is 14.9 Å². The van der Waals surface area contributed by atoms with Crippen LogP contribution < -0.4 is 10.9 Å². The Morgan fingerprint density at radius 1 is 1.67 bits per heavy atom. The Balaban J connectivity index is 2.71. The van der Waals surface area contributed by atoms with Gasteiger partial charge in [-0.1, -0.05) is 24.9 Å². The third-order valence-electron chi connectivity index (χ3n) is 2.38. The molecule has 1 N–H and O–H groups in total. The van der Waals surface area contributed by atoms with E-state index in [-0.39, 0.29) is 29.2 Å². The summed E-state index contributed by atoms with van der Waals surface area (Å²) in [5, 5.41) is 2.99. The Morgan fingerprint density at radius 2 is 2.33 bits per heavy atom. The van der Waals surface area contributed by atoms with Gasteiger partial charge in [0.05, 0.1) is 6.33 Å². The van der Waals surface area contributed by atoms with Crippen molar-refractivity contribution in [3.8, 4) is 0 Å². The fraction of sp³-hybridized carbons (Fsp3) is 0.545. The lowest BCUT2D eigenvalue weighted by atomic mass is 10.2. The van der Waals surface area contributed by atoms with Gasteiger partial charge in [-0.05, 0) is 35.9 Å². The molecule has 1 aromatic heterocycles. The molecule has 0 bridgehead atoms. The molecule has 1 amide bonds. The molecular formula is C11H15ClIN3O2. The van der Waals surface area contributed by atoms with Crippen LogP contribution in [-0.4, -0.2) is 21.5 Å². The minimum Gasteiger partial charge on any atom is -0.352 e. The fourth-order valence-electron chi connectivity index (χ4n) is 1.54. The highest BCUT2D eigenvalue weighted by atomic mass is 127. The second-order valence-electron chi connectivity index (χ2n) is 4.04. The van der Waals surface area contributed by atoms with Crippen LogP contribution in [0.3, 0.4) is 0 Å². The van der Waals surface area contributed by atoms with Crippen LogP contribution in [0.2, 0.25) is 5.15 Å². The molecule has 7 heteroatoms. The van der Waals surface area contributed by atoms with Gasteiger partial charge in [-0.25, -0.2) is 4.98 Å². The standard InChI is InChI=1S/C11H15ClIN3O2/c1-3-4-7(2)15-8(17)5-16-6-14-10(12)9(13)11(16)18/h6-7H,3-5H2,1-2H3,(H,15,17). The number of rotatable bonds is 5. The van der Waals surface area contributed by atoms with Crippen LogP contribution in [0.25, 0.3) is 0 Å². The Labute approximate surface area is 124 Å². The molecule has 5 nitrogen and oxygen atoms in total. The molecule has 1 unspecified atom stereocenters. The third kappa shape index (κ3) is 4.24. The quantitative estimate of drug-likeness (QED) is 0.623. The number of nitrogens with one attached hydrogen (secondary N) is 1. The van der Waals surface area contributed by atoms with Gasteiger partial charge in [0.15, 0.2) is 0 Å². The normalized spacial score (nSPS) is 12.2. The van der Waals surface area contributed by atoms with Gasteiger partial charge in [-0.2, -0.15) is 0 Å². The van der Waals surface area contributed by atoms with Crippen LogP contribution in [0.15, 0.2) is 11.1 Å². The van der Waals surface area contributed by atoms with Crippen molar-refractivity contribution >= 4 is 40.1 Å². The van der Waals surface area contributed by atoms with E-state index in [0.717, 1.165) is 12.8 Å². The second-order valence-corrected chi connectivity index (χ2v) is 5.48. The minimum absolute atomic E-state index is 0.0347. The van der Waals surface area contributed by atoms with Crippen molar-refractivity contribution in [2.24, 2.45) is 0 Å². The van der Waals surface area contributed by atoms with Crippen LogP contribution in [-0.2, 0) is 11.3 Å². The molecule has 0 aromatic carbocycles. The SMILES string of the molecule is CCCC(C)NC(=O)Cn1cnc(Cl)c(I)c1=O. The number of hydrogen-bond donors (Lipinski definition) is 1. The van der Waals surface area contributed by atoms with Crippen LogP contribution >= 0.6 is 34.2 Å². The maximum absolute atomic E-state index is 11.8. The molecular weight excluding hydrogens is 368 g/mol. The lowest BCUT2D eigenvalue weighted by Crippen LogP contribution is -2.37. The summed E-state index contributed by atoms with van der Waals surface area (Å²) in [4.78, 5) is 27.3. The van der Waals surface area contributed by atoms with Crippen LogP contribution in [0.4, 0.5) is 0 Å². The first-order chi connectivity index (χ1) is 8.45. The largest absolute Gasteiger partial charge is 0.352 e. The molecule has 0 spiro atoms. The number of aromatic nitrogens is 2. The molecule has 0 aliphatic rings. The van der Waals surface area contributed by atoms with Crippen LogP contribution in [0.5, 0.6) is 0 Å². The zero-order valence-corrected chi connectivity index (χ0v) is 13.2. The molecule has 0 saturated carbocycles. The molecule has 1 rings (SSSR count). The van der Waals surface area contributed by atoms with Crippen molar-refractivity contribution in [3.05, 3.63) is 25.4 Å². The average molecular weight is 384 g/mol. The van der Waals surface area contributed by atoms with Gasteiger partial charge in [-0.3, -0.25) is 14.2 Å². The first-order valence-corrected chi connectivity index (χ1v) is 7.11. The van der Waals surface area contributed by atoms with Crippen molar-refractivity contribution in [2.45, 2.75) is 39.3 Å². The summed E-state index contributed by atoms with van der Waals surface area (Å²) in [6.07, 6.45) is 3.20. The highest BCUT2D eigenvalue weighted by Gasteiger charge is 2.11. The van der Waals surface area contributed by atoms with E-state index in [0.29, 0.717) is 3.57 Å². The number of nitrogens with zero attached hydrogens (tertiary/aromatic N) is 2. The highest BCUT2D eigenvalue weighted by Crippen LogP contribution is 2.09. The van der Waals surface area contributed by atoms with E-state index in [2.05, 4.69) is 17.2 Å². The van der Waals surface area contributed by atoms with Gasteiger partial charge in [-0.15, -0.1) is 0 Å². The van der Waals surface area contributed by atoms with E-state index < -0.39 is 0 Å². The molecule has 1 atom stereocenters. The average Bonchev–Trinajstić information content (AvgIpc) is 2.30. The predicted molar refractivity (Wildman–Crippen MR) is 78.7 cm³/mol. The van der Waals surface area contributed by atoms with E-state index >= 15 is 0 Å². The Bertz CT molecular complexity index is 490. The summed E-state index contributed by atoms with van der Waals surface area (Å²) < 4.78 is 1.58. The third-order valence-corrected chi connectivity index (χ3v) is 3.96. The van der Waals surface area contributed by atoms with Gasteiger partial charge in [0.1, 0.15) is 15.3 Å². The number of halogens is 2. The molecule has 0 aliphatic carbocycles. The Kier molecular flexibility index (Phi) is 6.07. The van der Waals surface area contributed by atoms with Crippen LogP contribution in [0, 0.1) is 3.57 Å². The minimum atomic E-state index is -0.297. The molecule has 0 saturated heterocycles. The Morgan fingerprint density at radius 3 is 2.94 bits per heavy atom. The van der Waals surface area contributed by atoms with Gasteiger partial charge in [0.2, 0.25) is 5.91 Å². The van der Waals surface area contributed by atoms with Crippen LogP contribution in [0.1, 0.15) is 26.7 Å². The summed E-state index contributed by atoms with van der Waals surface area (Å²) in [7, 11) is 0. The zero-order valence-electron chi connectivity index (χ0n) is 10.2. The summed E-state index contributed by atoms with van der Waals surface area (Å²) in [6, 6.07) is 0.109. The molecule has 100 valence electrons. The van der Waals surface area contributed by atoms with Crippen molar-refractivity contribution < 1.29 is 4.79 Å². The second kappa shape index (κ2) is 7.08. The molecule has 1 aromatic rings. The van der Waals surface area contributed by atoms with E-state index in [9.17, 15) is 9.59 Å². The van der Waals surface area contributed by atoms with Gasteiger partial charge in [0.25, 0.3) is 5.56 Å². The zero-order chi connectivity index (χ0) is 13.7. The number of hydrogen-bond acceptors (Lipinski definition) is 3. The van der Waals surface area contributed by atoms with Crippen molar-refractivity contribution in [2.75, 3.05) is 0 Å². The summed E-state index contributed by atoms with van der Waals surface area (Å²) in [5.41, 5.74) is -0.297. The molecule has 18 heavy (non-hydrogen) atoms. The highest BCUT2D eigenvalue weighted by molar-refractivity contribution is 14.1. The van der Waals surface area contributed by atoms with Gasteiger partial charge in [0, 0.05) is 6.04 Å². The maximum atomic E-state index is 11.8. The summed E-state index contributed by atoms with van der Waals surface area (Å²) in [5.74, 6) is -0.196. The Hall–Kier alpha value is -0.630. The van der Waals surface area contributed by atoms with E-state index in [1.54, 1.807) is 0 Å². The van der Waals surface area contributed by atoms with Crippen molar-refractivity contribution in [3.63, 3.8) is 0 Å². The molecule has 0 radical (unpaired) electrons. The first kappa shape index (κ1) is 15.4. The fourth-order valence-corrected chi connectivity index (χ4v) is 2.11. The van der Waals surface area contributed by atoms with Gasteiger partial charge < -0.3 is 5.32 Å². The monoisotopic (exact) mass is 383 g/mol. The molecule has 0 fully saturated rings. The summed E-state index contributed by atoms with van der Waals surface area (Å²) >= 11 is 7.54. The van der Waals surface area contributed by atoms with E-state index in [1.165, 1.54) is 10.9 Å². The van der Waals surface area contributed by atoms with E-state index in [4.69, 9.17) is 11.6 Å². The van der Waals surface area contributed by atoms with Crippen molar-refractivity contribution in [1.29, 1.82) is 0 Å². The first-order valence-electron chi connectivity index (χ1n) is 5.65. The molecule has 1 heterocycles. The number of amides is 1. The topological polar surface area (TPSA) is 64.0 Å². The summed E-state index contributed by atoms with van der Waals surface area (Å²) in [6.45, 7) is 3.96. The lowest BCUT2D eigenvalue weighted by molar-refractivity contribution is -0.122. The number of carbonyl (C=O) groups excluding carboxylic acids is 1. The predicted octanol–water partition coefficient (Wildman–Crippen LogP) is 1.81. The van der Waals surface area contributed by atoms with Gasteiger partial charge >= 0.3 is 0 Å².